The number of nitrogens with two attached hydrogens (primary N) is 1. The van der Waals surface area contributed by atoms with Crippen molar-refractivity contribution in [2.45, 2.75) is 18.6 Å². The number of hydrogen-bond donors (Lipinski definition) is 1. The third-order valence-electron chi connectivity index (χ3n) is 2.79. The smallest absolute Gasteiger partial charge is 0.228 e. The number of nitrogen functional groups attached to an aromatic ring is 1. The van der Waals surface area contributed by atoms with E-state index in [2.05, 4.69) is 0 Å². The monoisotopic (exact) mass is 286 g/mol. The van der Waals surface area contributed by atoms with Crippen LogP contribution in [0.2, 0.25) is 0 Å². The average Bonchev–Trinajstić information content (AvgIpc) is 2.63. The molecule has 2 rings (SSSR count). The van der Waals surface area contributed by atoms with Crippen molar-refractivity contribution in [1.29, 1.82) is 0 Å². The molecule has 1 amide bonds. The number of thioether (sulfide) groups is 1. The highest BCUT2D eigenvalue weighted by molar-refractivity contribution is 8.14. The highest BCUT2D eigenvalue weighted by Gasteiger charge is 2.33. The van der Waals surface area contributed by atoms with Crippen molar-refractivity contribution >= 4 is 34.2 Å². The van der Waals surface area contributed by atoms with Crippen LogP contribution in [-0.2, 0) is 9.59 Å². The van der Waals surface area contributed by atoms with Crippen molar-refractivity contribution in [3.05, 3.63) is 23.8 Å². The number of carbonyl (C=O) groups excluding carboxylic acids is 2. The van der Waals surface area contributed by atoms with Crippen molar-refractivity contribution in [3.63, 3.8) is 0 Å². The SMILES string of the molecule is CC(=O)SC1CC(=O)N(c2cc(F)cc(F)c2N)C1. The molecule has 1 aliphatic rings. The Bertz CT molecular complexity index is 551. The minimum atomic E-state index is -0.898. The molecule has 1 atom stereocenters. The predicted octanol–water partition coefficient (Wildman–Crippen LogP) is 1.93. The maximum atomic E-state index is 13.4. The van der Waals surface area contributed by atoms with Gasteiger partial charge in [-0.2, -0.15) is 0 Å². The van der Waals surface area contributed by atoms with Crippen molar-refractivity contribution < 1.29 is 18.4 Å². The van der Waals surface area contributed by atoms with Crippen LogP contribution in [0.15, 0.2) is 12.1 Å². The summed E-state index contributed by atoms with van der Waals surface area (Å²) in [7, 11) is 0. The summed E-state index contributed by atoms with van der Waals surface area (Å²) in [5.74, 6) is -1.99. The van der Waals surface area contributed by atoms with E-state index in [1.54, 1.807) is 0 Å². The van der Waals surface area contributed by atoms with Gasteiger partial charge in [0.25, 0.3) is 0 Å². The molecule has 1 heterocycles. The van der Waals surface area contributed by atoms with Gasteiger partial charge in [0.05, 0.1) is 11.4 Å². The lowest BCUT2D eigenvalue weighted by Gasteiger charge is -2.19. The second kappa shape index (κ2) is 5.16. The van der Waals surface area contributed by atoms with E-state index in [0.717, 1.165) is 17.8 Å². The fourth-order valence-electron chi connectivity index (χ4n) is 2.02. The van der Waals surface area contributed by atoms with Crippen molar-refractivity contribution in [2.75, 3.05) is 17.2 Å². The van der Waals surface area contributed by atoms with Crippen LogP contribution >= 0.6 is 11.8 Å². The number of carbonyl (C=O) groups is 2. The van der Waals surface area contributed by atoms with Gasteiger partial charge >= 0.3 is 0 Å². The van der Waals surface area contributed by atoms with Crippen LogP contribution in [-0.4, -0.2) is 22.8 Å². The van der Waals surface area contributed by atoms with Gasteiger partial charge in [-0.25, -0.2) is 8.78 Å². The van der Waals surface area contributed by atoms with Gasteiger partial charge in [0.1, 0.15) is 5.82 Å². The van der Waals surface area contributed by atoms with E-state index >= 15 is 0 Å². The first-order chi connectivity index (χ1) is 8.88. The van der Waals surface area contributed by atoms with Crippen molar-refractivity contribution in [3.8, 4) is 0 Å². The van der Waals surface area contributed by atoms with Crippen molar-refractivity contribution in [2.24, 2.45) is 0 Å². The van der Waals surface area contributed by atoms with Gasteiger partial charge in [-0.1, -0.05) is 11.8 Å². The molecule has 1 saturated heterocycles. The summed E-state index contributed by atoms with van der Waals surface area (Å²) in [6.07, 6.45) is 0.155. The number of nitrogens with zero attached hydrogens (tertiary/aromatic N) is 1. The van der Waals surface area contributed by atoms with E-state index in [0.29, 0.717) is 6.07 Å². The van der Waals surface area contributed by atoms with Crippen LogP contribution in [0.4, 0.5) is 20.2 Å². The molecule has 1 aliphatic heterocycles. The summed E-state index contributed by atoms with van der Waals surface area (Å²) in [5, 5.41) is -0.311. The van der Waals surface area contributed by atoms with E-state index < -0.39 is 11.6 Å². The number of halogens is 2. The molecule has 1 unspecified atom stereocenters. The first kappa shape index (κ1) is 13.8. The Labute approximate surface area is 112 Å². The van der Waals surface area contributed by atoms with Gasteiger partial charge in [-0.05, 0) is 6.07 Å². The second-order valence-electron chi connectivity index (χ2n) is 4.26. The Hall–Kier alpha value is -1.63. The number of benzene rings is 1. The Morgan fingerprint density at radius 1 is 1.47 bits per heavy atom. The molecule has 0 aliphatic carbocycles. The average molecular weight is 286 g/mol. The zero-order valence-electron chi connectivity index (χ0n) is 10.2. The first-order valence-corrected chi connectivity index (χ1v) is 6.48. The third-order valence-corrected chi connectivity index (χ3v) is 3.77. The quantitative estimate of drug-likeness (QED) is 0.844. The number of amides is 1. The molecule has 1 fully saturated rings. The minimum Gasteiger partial charge on any atom is -0.395 e. The lowest BCUT2D eigenvalue weighted by molar-refractivity contribution is -0.117. The molecule has 0 saturated carbocycles. The predicted molar refractivity (Wildman–Crippen MR) is 69.8 cm³/mol. The molecule has 19 heavy (non-hydrogen) atoms. The van der Waals surface area contributed by atoms with Gasteiger partial charge in [-0.3, -0.25) is 9.59 Å². The van der Waals surface area contributed by atoms with Gasteiger partial charge < -0.3 is 10.6 Å². The summed E-state index contributed by atoms with van der Waals surface area (Å²) in [4.78, 5) is 24.1. The first-order valence-electron chi connectivity index (χ1n) is 5.60. The Morgan fingerprint density at radius 2 is 2.16 bits per heavy atom. The molecule has 0 aromatic heterocycles. The molecule has 2 N–H and O–H groups in total. The molecular formula is C12H12F2N2O2S. The second-order valence-corrected chi connectivity index (χ2v) is 5.74. The molecular weight excluding hydrogens is 274 g/mol. The molecule has 4 nitrogen and oxygen atoms in total. The maximum Gasteiger partial charge on any atom is 0.228 e. The molecule has 7 heteroatoms. The third kappa shape index (κ3) is 2.86. The summed E-state index contributed by atoms with van der Waals surface area (Å²) >= 11 is 1.05. The minimum absolute atomic E-state index is 0.0224. The zero-order chi connectivity index (χ0) is 14.2. The Balaban J connectivity index is 2.28. The van der Waals surface area contributed by atoms with Gasteiger partial charge in [0.15, 0.2) is 10.9 Å². The fourth-order valence-corrected chi connectivity index (χ4v) is 2.93. The van der Waals surface area contributed by atoms with E-state index in [1.807, 2.05) is 0 Å². The highest BCUT2D eigenvalue weighted by Crippen LogP contribution is 2.33. The molecule has 0 radical (unpaired) electrons. The van der Waals surface area contributed by atoms with Crippen LogP contribution in [0.3, 0.4) is 0 Å². The van der Waals surface area contributed by atoms with Crippen LogP contribution < -0.4 is 10.6 Å². The van der Waals surface area contributed by atoms with Crippen molar-refractivity contribution in [1.82, 2.24) is 0 Å². The van der Waals surface area contributed by atoms with Crippen LogP contribution in [0, 0.1) is 11.6 Å². The molecule has 0 bridgehead atoms. The summed E-state index contributed by atoms with van der Waals surface area (Å²) < 4.78 is 26.6. The fraction of sp³-hybridized carbons (Fsp3) is 0.333. The molecule has 0 spiro atoms. The molecule has 1 aromatic rings. The van der Waals surface area contributed by atoms with E-state index in [9.17, 15) is 18.4 Å². The number of rotatable bonds is 2. The summed E-state index contributed by atoms with van der Waals surface area (Å²) in [6, 6.07) is 1.69. The van der Waals surface area contributed by atoms with E-state index in [1.165, 1.54) is 11.8 Å². The van der Waals surface area contributed by atoms with Gasteiger partial charge in [0, 0.05) is 31.2 Å². The molecule has 1 aromatic carbocycles. The van der Waals surface area contributed by atoms with E-state index in [-0.39, 0.29) is 40.6 Å². The molecule has 102 valence electrons. The topological polar surface area (TPSA) is 63.4 Å². The number of hydrogen-bond acceptors (Lipinski definition) is 4. The van der Waals surface area contributed by atoms with Gasteiger partial charge in [-0.15, -0.1) is 0 Å². The van der Waals surface area contributed by atoms with Crippen LogP contribution in [0.25, 0.3) is 0 Å². The Kier molecular flexibility index (Phi) is 3.75. The normalized spacial score (nSPS) is 19.0. The highest BCUT2D eigenvalue weighted by atomic mass is 32.2. The van der Waals surface area contributed by atoms with E-state index in [4.69, 9.17) is 5.73 Å². The summed E-state index contributed by atoms with van der Waals surface area (Å²) in [5.41, 5.74) is 5.29. The number of anilines is 2. The van der Waals surface area contributed by atoms with Crippen LogP contribution in [0.5, 0.6) is 0 Å². The standard InChI is InChI=1S/C12H12F2N2O2S/c1-6(17)19-8-4-11(18)16(5-8)10-3-7(13)2-9(14)12(10)15/h2-3,8H,4-5,15H2,1H3. The van der Waals surface area contributed by atoms with Crippen LogP contribution in [0.1, 0.15) is 13.3 Å². The largest absolute Gasteiger partial charge is 0.395 e. The summed E-state index contributed by atoms with van der Waals surface area (Å²) in [6.45, 7) is 1.63. The zero-order valence-corrected chi connectivity index (χ0v) is 11.0. The lowest BCUT2D eigenvalue weighted by atomic mass is 10.2. The lowest BCUT2D eigenvalue weighted by Crippen LogP contribution is -2.26. The van der Waals surface area contributed by atoms with Gasteiger partial charge in [0.2, 0.25) is 5.91 Å². The maximum absolute atomic E-state index is 13.4. The Morgan fingerprint density at radius 3 is 2.79 bits per heavy atom.